The van der Waals surface area contributed by atoms with Gasteiger partial charge in [0.05, 0.1) is 26.7 Å². The summed E-state index contributed by atoms with van der Waals surface area (Å²) in [6.07, 6.45) is -9.14. The average molecular weight is 540 g/mol. The molecule has 34 heavy (non-hydrogen) atoms. The first kappa shape index (κ1) is 30.6. The Balaban J connectivity index is 3.38. The molecule has 1 aliphatic heterocycles. The summed E-state index contributed by atoms with van der Waals surface area (Å²) in [5.41, 5.74) is 0. The van der Waals surface area contributed by atoms with E-state index in [4.69, 9.17) is 5.11 Å². The number of halogens is 15. The Labute approximate surface area is 181 Å². The summed E-state index contributed by atoms with van der Waals surface area (Å²) < 4.78 is 198. The van der Waals surface area contributed by atoms with E-state index in [9.17, 15) is 70.7 Å². The second kappa shape index (κ2) is 8.58. The van der Waals surface area contributed by atoms with Crippen LogP contribution in [0.4, 0.5) is 65.9 Å². The number of aliphatic hydroxyl groups excluding tert-OH is 1. The number of hydrogen-bond donors (Lipinski definition) is 1. The molecule has 1 aliphatic rings. The first-order chi connectivity index (χ1) is 14.8. The minimum absolute atomic E-state index is 0.0136. The summed E-state index contributed by atoms with van der Waals surface area (Å²) in [6, 6.07) is 0. The molecule has 0 saturated carbocycles. The molecular formula is C16H17F15NO2+. The number of ketones is 1. The van der Waals surface area contributed by atoms with Gasteiger partial charge in [-0.1, -0.05) is 0 Å². The Morgan fingerprint density at radius 2 is 1.06 bits per heavy atom. The monoisotopic (exact) mass is 540 g/mol. The van der Waals surface area contributed by atoms with E-state index >= 15 is 0 Å². The van der Waals surface area contributed by atoms with Gasteiger partial charge in [0.15, 0.2) is 0 Å². The van der Waals surface area contributed by atoms with Crippen molar-refractivity contribution in [2.75, 3.05) is 33.3 Å². The van der Waals surface area contributed by atoms with Gasteiger partial charge in [-0.15, -0.1) is 0 Å². The number of Topliss-reactive ketones (excluding diaryl/α,β-unsaturated/α-hetero) is 1. The third-order valence-corrected chi connectivity index (χ3v) is 5.68. The first-order valence-corrected chi connectivity index (χ1v) is 9.11. The van der Waals surface area contributed by atoms with Gasteiger partial charge in [0.2, 0.25) is 5.78 Å². The molecule has 0 unspecified atom stereocenters. The number of carbonyl (C=O) groups excluding carboxylic acids is 1. The number of carbonyl (C=O) groups is 1. The summed E-state index contributed by atoms with van der Waals surface area (Å²) in [6.45, 7) is -1.01. The van der Waals surface area contributed by atoms with Crippen LogP contribution in [0, 0.1) is 5.92 Å². The second-order valence-corrected chi connectivity index (χ2v) is 8.10. The summed E-state index contributed by atoms with van der Waals surface area (Å²) in [4.78, 5) is 11.8. The standard InChI is InChI=1S/C16H17F15NO2/c1-32(6-7-33)4-2-8(3-5-32)9(34)10(17,18)11(19,20)12(21,22)13(23,24)14(25,26)15(27,28)16(29,30)31/h8,33H,2-7H2,1H3/q+1. The topological polar surface area (TPSA) is 37.3 Å². The predicted molar refractivity (Wildman–Crippen MR) is 81.3 cm³/mol. The normalized spacial score (nSPS) is 24.3. The lowest BCUT2D eigenvalue weighted by Crippen LogP contribution is -2.73. The van der Waals surface area contributed by atoms with Crippen molar-refractivity contribution < 1.29 is 80.2 Å². The number of nitrogens with zero attached hydrogens (tertiary/aromatic N) is 1. The van der Waals surface area contributed by atoms with Crippen LogP contribution in [0.15, 0.2) is 0 Å². The van der Waals surface area contributed by atoms with E-state index in [0.29, 0.717) is 0 Å². The van der Waals surface area contributed by atoms with Crippen LogP contribution in [0.1, 0.15) is 12.8 Å². The molecular weight excluding hydrogens is 523 g/mol. The average Bonchev–Trinajstić information content (AvgIpc) is 2.66. The van der Waals surface area contributed by atoms with Crippen molar-refractivity contribution in [1.82, 2.24) is 0 Å². The number of aliphatic hydroxyl groups is 1. The van der Waals surface area contributed by atoms with Gasteiger partial charge >= 0.3 is 41.7 Å². The van der Waals surface area contributed by atoms with E-state index in [2.05, 4.69) is 0 Å². The maximum Gasteiger partial charge on any atom is 0.460 e. The number of piperidine rings is 1. The fourth-order valence-electron chi connectivity index (χ4n) is 3.30. The predicted octanol–water partition coefficient (Wildman–Crippen LogP) is 4.78. The van der Waals surface area contributed by atoms with Gasteiger partial charge in [-0.3, -0.25) is 4.79 Å². The van der Waals surface area contributed by atoms with Gasteiger partial charge in [-0.25, -0.2) is 0 Å². The summed E-state index contributed by atoms with van der Waals surface area (Å²) >= 11 is 0. The van der Waals surface area contributed by atoms with Crippen LogP contribution in [0.3, 0.4) is 0 Å². The van der Waals surface area contributed by atoms with Crippen molar-refractivity contribution >= 4 is 5.78 Å². The molecule has 0 amide bonds. The molecule has 0 atom stereocenters. The molecule has 0 radical (unpaired) electrons. The number of alkyl halides is 15. The highest BCUT2D eigenvalue weighted by Crippen LogP contribution is 2.62. The third-order valence-electron chi connectivity index (χ3n) is 5.68. The largest absolute Gasteiger partial charge is 0.460 e. The van der Waals surface area contributed by atoms with Crippen LogP contribution < -0.4 is 0 Å². The SMILES string of the molecule is C[N+]1(CCO)CCC(C(=O)C(F)(F)C(F)(F)C(F)(F)C(F)(F)C(F)(F)C(F)(F)C(F)(F)F)CC1. The molecule has 0 aromatic carbocycles. The van der Waals surface area contributed by atoms with Crippen molar-refractivity contribution in [3.8, 4) is 0 Å². The zero-order valence-electron chi connectivity index (χ0n) is 16.8. The van der Waals surface area contributed by atoms with Crippen molar-refractivity contribution in [3.05, 3.63) is 0 Å². The molecule has 1 N–H and O–H groups in total. The molecule has 1 fully saturated rings. The van der Waals surface area contributed by atoms with Crippen LogP contribution in [-0.4, -0.2) is 90.4 Å². The lowest BCUT2D eigenvalue weighted by Gasteiger charge is -2.43. The van der Waals surface area contributed by atoms with E-state index in [1.165, 1.54) is 7.05 Å². The van der Waals surface area contributed by atoms with Crippen LogP contribution in [0.25, 0.3) is 0 Å². The summed E-state index contributed by atoms with van der Waals surface area (Å²) in [7, 11) is 1.42. The van der Waals surface area contributed by atoms with E-state index in [0.717, 1.165) is 0 Å². The van der Waals surface area contributed by atoms with Gasteiger partial charge in [0.1, 0.15) is 6.54 Å². The lowest BCUT2D eigenvalue weighted by atomic mass is 9.83. The first-order valence-electron chi connectivity index (χ1n) is 9.11. The van der Waals surface area contributed by atoms with E-state index < -0.39 is 72.9 Å². The Morgan fingerprint density at radius 3 is 1.41 bits per heavy atom. The quantitative estimate of drug-likeness (QED) is 0.338. The number of hydrogen-bond acceptors (Lipinski definition) is 2. The Hall–Kier alpha value is -1.46. The van der Waals surface area contributed by atoms with Crippen LogP contribution in [0.5, 0.6) is 0 Å². The smallest absolute Gasteiger partial charge is 0.391 e. The van der Waals surface area contributed by atoms with E-state index in [-0.39, 0.29) is 24.1 Å². The van der Waals surface area contributed by atoms with E-state index in [1.54, 1.807) is 0 Å². The second-order valence-electron chi connectivity index (χ2n) is 8.10. The molecule has 3 nitrogen and oxygen atoms in total. The fraction of sp³-hybridized carbons (Fsp3) is 0.938. The highest BCUT2D eigenvalue weighted by atomic mass is 19.4. The van der Waals surface area contributed by atoms with Gasteiger partial charge in [0.25, 0.3) is 0 Å². The van der Waals surface area contributed by atoms with Gasteiger partial charge in [-0.05, 0) is 0 Å². The Morgan fingerprint density at radius 1 is 0.706 bits per heavy atom. The van der Waals surface area contributed by atoms with Crippen molar-refractivity contribution in [2.45, 2.75) is 54.6 Å². The number of quaternary nitrogens is 1. The van der Waals surface area contributed by atoms with Gasteiger partial charge in [-0.2, -0.15) is 65.9 Å². The van der Waals surface area contributed by atoms with E-state index in [1.807, 2.05) is 0 Å². The van der Waals surface area contributed by atoms with Crippen molar-refractivity contribution in [1.29, 1.82) is 0 Å². The minimum atomic E-state index is -8.41. The minimum Gasteiger partial charge on any atom is -0.391 e. The number of likely N-dealkylation sites (N-methyl/N-ethyl adjacent to an activating group) is 1. The maximum atomic E-state index is 14.1. The zero-order chi connectivity index (χ0) is 27.4. The molecule has 1 saturated heterocycles. The third kappa shape index (κ3) is 4.32. The summed E-state index contributed by atoms with van der Waals surface area (Å²) in [5.74, 6) is -53.1. The van der Waals surface area contributed by atoms with Crippen LogP contribution in [-0.2, 0) is 4.79 Å². The molecule has 18 heteroatoms. The van der Waals surface area contributed by atoms with Crippen molar-refractivity contribution in [3.63, 3.8) is 0 Å². The molecule has 0 aromatic heterocycles. The van der Waals surface area contributed by atoms with Gasteiger partial charge in [0, 0.05) is 18.8 Å². The Kier molecular flexibility index (Phi) is 7.72. The van der Waals surface area contributed by atoms with Crippen LogP contribution in [0.2, 0.25) is 0 Å². The molecule has 0 aliphatic carbocycles. The number of likely N-dealkylation sites (tertiary alicyclic amines) is 1. The van der Waals surface area contributed by atoms with Crippen molar-refractivity contribution in [2.24, 2.45) is 5.92 Å². The molecule has 202 valence electrons. The molecule has 1 rings (SSSR count). The molecule has 1 heterocycles. The molecule has 0 spiro atoms. The zero-order valence-corrected chi connectivity index (χ0v) is 16.8. The number of rotatable bonds is 9. The summed E-state index contributed by atoms with van der Waals surface area (Å²) in [5, 5.41) is 8.89. The lowest BCUT2D eigenvalue weighted by molar-refractivity contribution is -0.915. The van der Waals surface area contributed by atoms with Crippen LogP contribution >= 0.6 is 0 Å². The molecule has 0 bridgehead atoms. The Bertz CT molecular complexity index is 754. The maximum absolute atomic E-state index is 14.1. The highest BCUT2D eigenvalue weighted by molar-refractivity contribution is 5.89. The highest BCUT2D eigenvalue weighted by Gasteiger charge is 2.94. The fourth-order valence-corrected chi connectivity index (χ4v) is 3.30. The van der Waals surface area contributed by atoms with Gasteiger partial charge < -0.3 is 9.59 Å². The molecule has 0 aromatic rings.